The molecule has 1 aromatic carbocycles. The smallest absolute Gasteiger partial charge is 0.731 e. The van der Waals surface area contributed by atoms with E-state index in [4.69, 9.17) is 4.74 Å². The SMILES string of the molecule is CCS[C@H]1[C@H](NC(=O)COc2ccccc2)C(=O)N1S(=O)(=O)[O-].[Na+]. The Kier molecular flexibility index (Phi) is 8.03. The van der Waals surface area contributed by atoms with Crippen molar-refractivity contribution < 1.29 is 56.9 Å². The van der Waals surface area contributed by atoms with Crippen LogP contribution >= 0.6 is 11.8 Å². The fraction of sp³-hybridized carbons (Fsp3) is 0.385. The molecule has 11 heteroatoms. The maximum atomic E-state index is 11.8. The van der Waals surface area contributed by atoms with Gasteiger partial charge in [-0.2, -0.15) is 0 Å². The van der Waals surface area contributed by atoms with Gasteiger partial charge in [0.1, 0.15) is 17.2 Å². The molecule has 8 nitrogen and oxygen atoms in total. The van der Waals surface area contributed by atoms with Crippen LogP contribution in [0.25, 0.3) is 0 Å². The number of para-hydroxylation sites is 1. The van der Waals surface area contributed by atoms with Gasteiger partial charge in [-0.1, -0.05) is 25.1 Å². The minimum Gasteiger partial charge on any atom is -0.731 e. The zero-order chi connectivity index (χ0) is 17.0. The number of β-lactam (4-membered cyclic amide) rings is 1. The van der Waals surface area contributed by atoms with E-state index < -0.39 is 33.5 Å². The number of hydrogen-bond donors (Lipinski definition) is 1. The second kappa shape index (κ2) is 9.07. The van der Waals surface area contributed by atoms with Crippen LogP contribution in [0.4, 0.5) is 0 Å². The second-order valence-electron chi connectivity index (χ2n) is 4.58. The molecule has 0 saturated carbocycles. The van der Waals surface area contributed by atoms with Gasteiger partial charge in [0.25, 0.3) is 11.8 Å². The molecule has 1 aliphatic rings. The molecule has 0 aliphatic carbocycles. The van der Waals surface area contributed by atoms with Gasteiger partial charge < -0.3 is 14.6 Å². The van der Waals surface area contributed by atoms with Crippen LogP contribution in [-0.4, -0.2) is 52.9 Å². The maximum Gasteiger partial charge on any atom is 1.00 e. The first kappa shape index (κ1) is 21.3. The van der Waals surface area contributed by atoms with Crippen molar-refractivity contribution in [1.82, 2.24) is 9.62 Å². The van der Waals surface area contributed by atoms with Crippen LogP contribution in [0.2, 0.25) is 0 Å². The van der Waals surface area contributed by atoms with Crippen molar-refractivity contribution in [3.63, 3.8) is 0 Å². The van der Waals surface area contributed by atoms with E-state index in [1.54, 1.807) is 37.3 Å². The van der Waals surface area contributed by atoms with Crippen molar-refractivity contribution >= 4 is 33.9 Å². The number of amides is 2. The summed E-state index contributed by atoms with van der Waals surface area (Å²) in [7, 11) is -4.88. The fourth-order valence-electron chi connectivity index (χ4n) is 2.02. The van der Waals surface area contributed by atoms with E-state index in [2.05, 4.69) is 5.32 Å². The third kappa shape index (κ3) is 5.11. The van der Waals surface area contributed by atoms with Crippen LogP contribution in [0.3, 0.4) is 0 Å². The van der Waals surface area contributed by atoms with Gasteiger partial charge in [-0.05, 0) is 17.9 Å². The van der Waals surface area contributed by atoms with E-state index in [1.165, 1.54) is 0 Å². The van der Waals surface area contributed by atoms with Gasteiger partial charge in [0.2, 0.25) is 0 Å². The van der Waals surface area contributed by atoms with Gasteiger partial charge in [0, 0.05) is 0 Å². The molecule has 2 atom stereocenters. The average Bonchev–Trinajstić information content (AvgIpc) is 2.50. The Morgan fingerprint density at radius 2 is 2.00 bits per heavy atom. The van der Waals surface area contributed by atoms with Gasteiger partial charge >= 0.3 is 29.6 Å². The molecule has 0 bridgehead atoms. The van der Waals surface area contributed by atoms with Crippen molar-refractivity contribution in [2.24, 2.45) is 0 Å². The number of carbonyl (C=O) groups excluding carboxylic acids is 2. The first-order valence-corrected chi connectivity index (χ1v) is 9.14. The Balaban J connectivity index is 0.00000288. The van der Waals surface area contributed by atoms with Crippen molar-refractivity contribution in [2.45, 2.75) is 18.3 Å². The van der Waals surface area contributed by atoms with E-state index in [0.29, 0.717) is 11.5 Å². The number of hydrogen-bond acceptors (Lipinski definition) is 7. The standard InChI is InChI=1S/C13H16N2O6S2.Na/c1-2-22-13-11(12(17)15(13)23(18,19)20)14-10(16)8-21-9-6-4-3-5-7-9;/h3-7,11,13H,2,8H2,1H3,(H,14,16)(H,18,19,20);/q;+1/p-1/t11-,13+;/m1./s1. The number of benzene rings is 1. The van der Waals surface area contributed by atoms with Crippen molar-refractivity contribution in [3.05, 3.63) is 30.3 Å². The number of ether oxygens (including phenoxy) is 1. The molecule has 2 rings (SSSR count). The Morgan fingerprint density at radius 1 is 1.38 bits per heavy atom. The topological polar surface area (TPSA) is 116 Å². The minimum absolute atomic E-state index is 0. The monoisotopic (exact) mass is 382 g/mol. The fourth-order valence-corrected chi connectivity index (χ4v) is 4.19. The zero-order valence-corrected chi connectivity index (χ0v) is 16.8. The van der Waals surface area contributed by atoms with E-state index in [0.717, 1.165) is 11.8 Å². The summed E-state index contributed by atoms with van der Waals surface area (Å²) in [4.78, 5) is 23.6. The molecule has 0 radical (unpaired) electrons. The molecule has 0 aromatic heterocycles. The second-order valence-corrected chi connectivity index (χ2v) is 7.23. The number of nitrogens with zero attached hydrogens (tertiary/aromatic N) is 1. The maximum absolute atomic E-state index is 11.8. The molecule has 1 aromatic rings. The van der Waals surface area contributed by atoms with Crippen LogP contribution in [0.1, 0.15) is 6.92 Å². The summed E-state index contributed by atoms with van der Waals surface area (Å²) in [6.45, 7) is 1.43. The normalized spacial score (nSPS) is 19.9. The summed E-state index contributed by atoms with van der Waals surface area (Å²) >= 11 is 1.09. The van der Waals surface area contributed by atoms with Crippen LogP contribution in [0.15, 0.2) is 30.3 Å². The average molecular weight is 382 g/mol. The summed E-state index contributed by atoms with van der Waals surface area (Å²) in [5.74, 6) is -0.529. The first-order chi connectivity index (χ1) is 10.8. The van der Waals surface area contributed by atoms with Crippen LogP contribution in [0, 0.1) is 0 Å². The molecule has 24 heavy (non-hydrogen) atoms. The molecule has 0 unspecified atom stereocenters. The predicted octanol–water partition coefficient (Wildman–Crippen LogP) is -3.06. The number of rotatable bonds is 7. The van der Waals surface area contributed by atoms with Crippen molar-refractivity contribution in [1.29, 1.82) is 0 Å². The quantitative estimate of drug-likeness (QED) is 0.302. The number of thioether (sulfide) groups is 1. The van der Waals surface area contributed by atoms with Crippen molar-refractivity contribution in [3.8, 4) is 5.75 Å². The first-order valence-electron chi connectivity index (χ1n) is 6.72. The molecule has 1 aliphatic heterocycles. The summed E-state index contributed by atoms with van der Waals surface area (Å²) in [6.07, 6.45) is 0. The largest absolute Gasteiger partial charge is 1.00 e. The zero-order valence-electron chi connectivity index (χ0n) is 13.2. The van der Waals surface area contributed by atoms with Gasteiger partial charge in [0.15, 0.2) is 16.9 Å². The van der Waals surface area contributed by atoms with E-state index in [1.807, 2.05) is 0 Å². The summed E-state index contributed by atoms with van der Waals surface area (Å²) < 4.78 is 38.6. The van der Waals surface area contributed by atoms with E-state index in [-0.39, 0.29) is 40.5 Å². The third-order valence-corrected chi connectivity index (χ3v) is 5.19. The molecule has 2 amide bonds. The molecule has 1 heterocycles. The van der Waals surface area contributed by atoms with E-state index >= 15 is 0 Å². The van der Waals surface area contributed by atoms with Gasteiger partial charge in [0.05, 0.1) is 0 Å². The summed E-state index contributed by atoms with van der Waals surface area (Å²) in [6, 6.07) is 7.58. The Morgan fingerprint density at radius 3 is 2.54 bits per heavy atom. The molecule has 0 spiro atoms. The minimum atomic E-state index is -4.88. The van der Waals surface area contributed by atoms with Crippen LogP contribution in [-0.2, 0) is 19.9 Å². The third-order valence-electron chi connectivity index (χ3n) is 3.01. The van der Waals surface area contributed by atoms with Crippen LogP contribution in [0.5, 0.6) is 5.75 Å². The molecular formula is C13H15N2NaO6S2. The Labute approximate surface area is 166 Å². The predicted molar refractivity (Wildman–Crippen MR) is 82.3 cm³/mol. The van der Waals surface area contributed by atoms with Gasteiger partial charge in [-0.3, -0.25) is 9.59 Å². The number of nitrogens with one attached hydrogen (secondary N) is 1. The Hall–Kier alpha value is -0.780. The van der Waals surface area contributed by atoms with Gasteiger partial charge in [-0.15, -0.1) is 11.8 Å². The molecule has 126 valence electrons. The summed E-state index contributed by atoms with van der Waals surface area (Å²) in [5, 5.41) is 1.47. The molecule has 1 N–H and O–H groups in total. The molecule has 1 fully saturated rings. The summed E-state index contributed by atoms with van der Waals surface area (Å²) in [5.41, 5.74) is 0. The number of carbonyl (C=O) groups is 2. The Bertz CT molecular complexity index is 685. The molecule has 1 saturated heterocycles. The molecular weight excluding hydrogens is 367 g/mol. The van der Waals surface area contributed by atoms with Crippen LogP contribution < -0.4 is 39.6 Å². The van der Waals surface area contributed by atoms with Gasteiger partial charge in [-0.25, -0.2) is 12.7 Å². The van der Waals surface area contributed by atoms with Crippen molar-refractivity contribution in [2.75, 3.05) is 12.4 Å². The van der Waals surface area contributed by atoms with E-state index in [9.17, 15) is 22.6 Å².